The van der Waals surface area contributed by atoms with Gasteiger partial charge in [0.1, 0.15) is 11.8 Å². The Balaban J connectivity index is 2.88. The van der Waals surface area contributed by atoms with E-state index in [0.717, 1.165) is 31.2 Å². The Morgan fingerprint density at radius 2 is 1.85 bits per heavy atom. The molecule has 112 valence electrons. The molecule has 0 saturated carbocycles. The highest BCUT2D eigenvalue weighted by Crippen LogP contribution is 2.24. The van der Waals surface area contributed by atoms with Gasteiger partial charge in [0, 0.05) is 5.56 Å². The minimum Gasteiger partial charge on any atom is -0.411 e. The summed E-state index contributed by atoms with van der Waals surface area (Å²) in [6, 6.07) is 9.41. The Morgan fingerprint density at radius 3 is 2.35 bits per heavy atom. The molecule has 0 radical (unpaired) electrons. The lowest BCUT2D eigenvalue weighted by Gasteiger charge is -2.25. The van der Waals surface area contributed by atoms with Crippen LogP contribution in [0.2, 0.25) is 0 Å². The van der Waals surface area contributed by atoms with Crippen LogP contribution in [0.1, 0.15) is 52.0 Å². The van der Waals surface area contributed by atoms with Crippen molar-refractivity contribution in [3.8, 4) is 0 Å². The normalized spacial score (nSPS) is 15.3. The van der Waals surface area contributed by atoms with Gasteiger partial charge >= 0.3 is 0 Å². The molecule has 0 aliphatic heterocycles. The fourth-order valence-corrected chi connectivity index (χ4v) is 2.60. The van der Waals surface area contributed by atoms with E-state index in [2.05, 4.69) is 25.9 Å². The number of oxime groups is 1. The standard InChI is InChI=1S/C17H27NO2/c1-4-5-9-15(12-13(2)3)17(19)16(18-20)14-10-7-6-8-11-14/h6-8,10-11,13,15,17,19-20H,4-5,9,12H2,1-3H3. The maximum atomic E-state index is 10.6. The maximum Gasteiger partial charge on any atom is 0.116 e. The van der Waals surface area contributed by atoms with Crippen molar-refractivity contribution < 1.29 is 10.3 Å². The molecule has 0 aliphatic carbocycles. The minimum absolute atomic E-state index is 0.140. The van der Waals surface area contributed by atoms with Crippen LogP contribution in [-0.2, 0) is 0 Å². The van der Waals surface area contributed by atoms with Gasteiger partial charge in [-0.1, -0.05) is 69.1 Å². The predicted octanol–water partition coefficient (Wildman–Crippen LogP) is 4.08. The van der Waals surface area contributed by atoms with E-state index in [-0.39, 0.29) is 5.92 Å². The second-order valence-corrected chi connectivity index (χ2v) is 5.83. The topological polar surface area (TPSA) is 52.8 Å². The van der Waals surface area contributed by atoms with E-state index in [1.807, 2.05) is 30.3 Å². The third-order valence-corrected chi connectivity index (χ3v) is 3.61. The van der Waals surface area contributed by atoms with Crippen molar-refractivity contribution in [1.82, 2.24) is 0 Å². The van der Waals surface area contributed by atoms with Crippen LogP contribution in [0.3, 0.4) is 0 Å². The van der Waals surface area contributed by atoms with Crippen LogP contribution in [0.25, 0.3) is 0 Å². The summed E-state index contributed by atoms with van der Waals surface area (Å²) in [6.45, 7) is 6.46. The van der Waals surface area contributed by atoms with E-state index in [4.69, 9.17) is 0 Å². The van der Waals surface area contributed by atoms with Gasteiger partial charge in [-0.15, -0.1) is 0 Å². The summed E-state index contributed by atoms with van der Waals surface area (Å²) < 4.78 is 0. The second kappa shape index (κ2) is 8.75. The third kappa shape index (κ3) is 4.97. The lowest BCUT2D eigenvalue weighted by Crippen LogP contribution is -2.31. The summed E-state index contributed by atoms with van der Waals surface area (Å²) >= 11 is 0. The molecule has 0 fully saturated rings. The Morgan fingerprint density at radius 1 is 1.20 bits per heavy atom. The van der Waals surface area contributed by atoms with Crippen LogP contribution >= 0.6 is 0 Å². The molecule has 1 aromatic rings. The molecule has 1 rings (SSSR count). The number of unbranched alkanes of at least 4 members (excludes halogenated alkanes) is 1. The van der Waals surface area contributed by atoms with E-state index in [9.17, 15) is 10.3 Å². The number of nitrogens with zero attached hydrogens (tertiary/aromatic N) is 1. The molecule has 0 aliphatic rings. The summed E-state index contributed by atoms with van der Waals surface area (Å²) in [5, 5.41) is 23.3. The lowest BCUT2D eigenvalue weighted by molar-refractivity contribution is 0.141. The zero-order valence-corrected chi connectivity index (χ0v) is 12.8. The Kier molecular flexibility index (Phi) is 7.31. The summed E-state index contributed by atoms with van der Waals surface area (Å²) in [6.07, 6.45) is 3.38. The quantitative estimate of drug-likeness (QED) is 0.427. The van der Waals surface area contributed by atoms with Gasteiger partial charge in [0.25, 0.3) is 0 Å². The molecule has 0 heterocycles. The van der Waals surface area contributed by atoms with E-state index < -0.39 is 6.10 Å². The smallest absolute Gasteiger partial charge is 0.116 e. The monoisotopic (exact) mass is 277 g/mol. The van der Waals surface area contributed by atoms with Gasteiger partial charge in [-0.2, -0.15) is 0 Å². The molecule has 3 nitrogen and oxygen atoms in total. The summed E-state index contributed by atoms with van der Waals surface area (Å²) in [5.41, 5.74) is 1.17. The summed E-state index contributed by atoms with van der Waals surface area (Å²) in [5.74, 6) is 0.656. The number of rotatable bonds is 8. The Bertz CT molecular complexity index is 401. The van der Waals surface area contributed by atoms with Crippen molar-refractivity contribution in [1.29, 1.82) is 0 Å². The number of benzene rings is 1. The van der Waals surface area contributed by atoms with Crippen molar-refractivity contribution in [2.75, 3.05) is 0 Å². The van der Waals surface area contributed by atoms with Crippen LogP contribution in [0.15, 0.2) is 35.5 Å². The van der Waals surface area contributed by atoms with E-state index in [0.29, 0.717) is 11.6 Å². The first-order chi connectivity index (χ1) is 9.60. The Hall–Kier alpha value is -1.35. The van der Waals surface area contributed by atoms with Gasteiger partial charge in [-0.05, 0) is 24.7 Å². The molecule has 0 bridgehead atoms. The minimum atomic E-state index is -0.712. The van der Waals surface area contributed by atoms with E-state index >= 15 is 0 Å². The molecule has 2 N–H and O–H groups in total. The van der Waals surface area contributed by atoms with Gasteiger partial charge < -0.3 is 10.3 Å². The number of hydrogen-bond acceptors (Lipinski definition) is 3. The first kappa shape index (κ1) is 16.7. The average molecular weight is 277 g/mol. The largest absolute Gasteiger partial charge is 0.411 e. The molecule has 0 aromatic heterocycles. The zero-order valence-electron chi connectivity index (χ0n) is 12.8. The van der Waals surface area contributed by atoms with Crippen LogP contribution in [0.4, 0.5) is 0 Å². The van der Waals surface area contributed by atoms with Crippen LogP contribution in [0, 0.1) is 11.8 Å². The van der Waals surface area contributed by atoms with Gasteiger partial charge in [0.2, 0.25) is 0 Å². The molecule has 0 amide bonds. The van der Waals surface area contributed by atoms with Crippen molar-refractivity contribution in [3.63, 3.8) is 0 Å². The highest BCUT2D eigenvalue weighted by atomic mass is 16.4. The number of hydrogen-bond donors (Lipinski definition) is 2. The lowest BCUT2D eigenvalue weighted by atomic mass is 9.84. The van der Waals surface area contributed by atoms with Crippen molar-refractivity contribution >= 4 is 5.71 Å². The van der Waals surface area contributed by atoms with E-state index in [1.54, 1.807) is 0 Å². The van der Waals surface area contributed by atoms with Crippen molar-refractivity contribution in [3.05, 3.63) is 35.9 Å². The maximum absolute atomic E-state index is 10.6. The fraction of sp³-hybridized carbons (Fsp3) is 0.588. The third-order valence-electron chi connectivity index (χ3n) is 3.61. The molecule has 3 heteroatoms. The zero-order chi connectivity index (χ0) is 15.0. The number of aliphatic hydroxyl groups excluding tert-OH is 1. The number of aliphatic hydroxyl groups is 1. The molecule has 20 heavy (non-hydrogen) atoms. The second-order valence-electron chi connectivity index (χ2n) is 5.83. The first-order valence-electron chi connectivity index (χ1n) is 7.55. The molecular formula is C17H27NO2. The first-order valence-corrected chi connectivity index (χ1v) is 7.55. The Labute approximate surface area is 122 Å². The highest BCUT2D eigenvalue weighted by Gasteiger charge is 2.26. The molecule has 0 saturated heterocycles. The van der Waals surface area contributed by atoms with Gasteiger partial charge in [-0.3, -0.25) is 0 Å². The van der Waals surface area contributed by atoms with Gasteiger partial charge in [0.05, 0.1) is 0 Å². The fourth-order valence-electron chi connectivity index (χ4n) is 2.60. The molecule has 2 atom stereocenters. The highest BCUT2D eigenvalue weighted by molar-refractivity contribution is 6.03. The van der Waals surface area contributed by atoms with E-state index in [1.165, 1.54) is 0 Å². The molecule has 1 aromatic carbocycles. The van der Waals surface area contributed by atoms with Crippen molar-refractivity contribution in [2.45, 2.75) is 52.6 Å². The molecular weight excluding hydrogens is 250 g/mol. The summed E-state index contributed by atoms with van der Waals surface area (Å²) in [4.78, 5) is 0. The molecule has 2 unspecified atom stereocenters. The van der Waals surface area contributed by atoms with Crippen LogP contribution in [-0.4, -0.2) is 22.1 Å². The summed E-state index contributed by atoms with van der Waals surface area (Å²) in [7, 11) is 0. The van der Waals surface area contributed by atoms with Crippen LogP contribution < -0.4 is 0 Å². The van der Waals surface area contributed by atoms with Crippen LogP contribution in [0.5, 0.6) is 0 Å². The molecule has 0 spiro atoms. The average Bonchev–Trinajstić information content (AvgIpc) is 2.45. The van der Waals surface area contributed by atoms with Crippen molar-refractivity contribution in [2.24, 2.45) is 17.0 Å². The van der Waals surface area contributed by atoms with Gasteiger partial charge in [-0.25, -0.2) is 0 Å². The predicted molar refractivity (Wildman–Crippen MR) is 83.2 cm³/mol. The SMILES string of the molecule is CCCCC(CC(C)C)C(O)C(=NO)c1ccccc1. The van der Waals surface area contributed by atoms with Gasteiger partial charge in [0.15, 0.2) is 0 Å².